The van der Waals surface area contributed by atoms with Crippen molar-refractivity contribution in [1.82, 2.24) is 19.4 Å². The van der Waals surface area contributed by atoms with Crippen molar-refractivity contribution < 1.29 is 4.79 Å². The van der Waals surface area contributed by atoms with Crippen molar-refractivity contribution in [3.8, 4) is 5.69 Å². The van der Waals surface area contributed by atoms with Gasteiger partial charge in [-0.1, -0.05) is 24.3 Å². The highest BCUT2D eigenvalue weighted by Crippen LogP contribution is 2.24. The molecule has 1 amide bonds. The summed E-state index contributed by atoms with van der Waals surface area (Å²) in [4.78, 5) is 23.2. The molecule has 0 unspecified atom stereocenters. The minimum absolute atomic E-state index is 0.0220. The van der Waals surface area contributed by atoms with E-state index in [9.17, 15) is 4.79 Å². The van der Waals surface area contributed by atoms with Gasteiger partial charge in [-0.05, 0) is 48.9 Å². The summed E-state index contributed by atoms with van der Waals surface area (Å²) in [7, 11) is 3.51. The normalized spacial score (nSPS) is 10.9. The van der Waals surface area contributed by atoms with E-state index in [4.69, 9.17) is 4.98 Å². The van der Waals surface area contributed by atoms with E-state index in [-0.39, 0.29) is 5.91 Å². The lowest BCUT2D eigenvalue weighted by Gasteiger charge is -2.11. The minimum atomic E-state index is -0.0220. The molecule has 0 saturated heterocycles. The van der Waals surface area contributed by atoms with Crippen molar-refractivity contribution in [2.24, 2.45) is 0 Å². The Balaban J connectivity index is 1.78. The van der Waals surface area contributed by atoms with Crippen LogP contribution < -0.4 is 0 Å². The molecule has 0 aliphatic rings. The number of aryl methyl sites for hydroxylation is 2. The van der Waals surface area contributed by atoms with Crippen LogP contribution in [0, 0.1) is 0 Å². The summed E-state index contributed by atoms with van der Waals surface area (Å²) >= 11 is 0. The topological polar surface area (TPSA) is 51.0 Å². The minimum Gasteiger partial charge on any atom is -0.345 e. The summed E-state index contributed by atoms with van der Waals surface area (Å²) in [6.07, 6.45) is 3.38. The molecule has 4 rings (SSSR count). The van der Waals surface area contributed by atoms with Crippen LogP contribution in [0.15, 0.2) is 72.9 Å². The van der Waals surface area contributed by atoms with Crippen LogP contribution in [-0.2, 0) is 12.8 Å². The fraction of sp³-hybridized carbons (Fsp3) is 0.174. The van der Waals surface area contributed by atoms with Crippen molar-refractivity contribution in [3.05, 3.63) is 90.0 Å². The molecule has 5 heteroatoms. The molecule has 2 heterocycles. The number of imidazole rings is 1. The van der Waals surface area contributed by atoms with Crippen molar-refractivity contribution in [2.45, 2.75) is 12.8 Å². The monoisotopic (exact) mass is 370 g/mol. The van der Waals surface area contributed by atoms with Gasteiger partial charge in [-0.2, -0.15) is 0 Å². The van der Waals surface area contributed by atoms with Crippen molar-refractivity contribution in [3.63, 3.8) is 0 Å². The number of carbonyl (C=O) groups is 1. The van der Waals surface area contributed by atoms with Gasteiger partial charge < -0.3 is 4.90 Å². The molecule has 0 radical (unpaired) electrons. The van der Waals surface area contributed by atoms with E-state index in [2.05, 4.69) is 21.7 Å². The van der Waals surface area contributed by atoms with E-state index in [1.807, 2.05) is 60.8 Å². The zero-order chi connectivity index (χ0) is 19.5. The zero-order valence-electron chi connectivity index (χ0n) is 16.0. The highest BCUT2D eigenvalue weighted by atomic mass is 16.2. The number of pyridine rings is 1. The van der Waals surface area contributed by atoms with Gasteiger partial charge >= 0.3 is 0 Å². The first kappa shape index (κ1) is 17.9. The van der Waals surface area contributed by atoms with Gasteiger partial charge in [0.1, 0.15) is 5.82 Å². The molecule has 2 aromatic heterocycles. The van der Waals surface area contributed by atoms with Crippen molar-refractivity contribution in [1.29, 1.82) is 0 Å². The maximum absolute atomic E-state index is 12.3. The summed E-state index contributed by atoms with van der Waals surface area (Å²) in [6, 6.07) is 21.9. The fourth-order valence-corrected chi connectivity index (χ4v) is 3.34. The Morgan fingerprint density at radius 1 is 0.964 bits per heavy atom. The highest BCUT2D eigenvalue weighted by Gasteiger charge is 2.15. The molecule has 0 aliphatic heterocycles. The Morgan fingerprint density at radius 3 is 2.46 bits per heavy atom. The lowest BCUT2D eigenvalue weighted by atomic mass is 10.1. The van der Waals surface area contributed by atoms with Crippen molar-refractivity contribution in [2.75, 3.05) is 14.1 Å². The lowest BCUT2D eigenvalue weighted by molar-refractivity contribution is 0.0827. The first-order chi connectivity index (χ1) is 13.6. The molecule has 28 heavy (non-hydrogen) atoms. The molecule has 0 N–H and O–H groups in total. The molecule has 0 aliphatic carbocycles. The van der Waals surface area contributed by atoms with Gasteiger partial charge in [0.15, 0.2) is 0 Å². The second-order valence-electron chi connectivity index (χ2n) is 6.92. The van der Waals surface area contributed by atoms with Crippen LogP contribution in [0.3, 0.4) is 0 Å². The van der Waals surface area contributed by atoms with Gasteiger partial charge in [0.05, 0.1) is 11.0 Å². The predicted molar refractivity (Wildman–Crippen MR) is 111 cm³/mol. The number of nitrogens with zero attached hydrogens (tertiary/aromatic N) is 4. The Kier molecular flexibility index (Phi) is 4.89. The number of carbonyl (C=O) groups excluding carboxylic acids is 1. The van der Waals surface area contributed by atoms with E-state index >= 15 is 0 Å². The number of amides is 1. The number of benzene rings is 2. The van der Waals surface area contributed by atoms with E-state index in [1.54, 1.807) is 19.0 Å². The maximum Gasteiger partial charge on any atom is 0.253 e. The standard InChI is InChI=1S/C23H22N4O/c1-26(2)23(28)17-11-13-21-20(16-17)25-22(14-12-18-8-6-7-15-24-18)27(21)19-9-4-3-5-10-19/h3-11,13,15-16H,12,14H2,1-2H3. The number of fused-ring (bicyclic) bond motifs is 1. The molecule has 0 fully saturated rings. The van der Waals surface area contributed by atoms with E-state index in [0.717, 1.165) is 41.1 Å². The van der Waals surface area contributed by atoms with E-state index in [0.29, 0.717) is 5.56 Å². The summed E-state index contributed by atoms with van der Waals surface area (Å²) < 4.78 is 2.17. The number of rotatable bonds is 5. The number of hydrogen-bond acceptors (Lipinski definition) is 3. The quantitative estimate of drug-likeness (QED) is 0.535. The molecule has 0 bridgehead atoms. The molecule has 0 saturated carbocycles. The van der Waals surface area contributed by atoms with Crippen molar-refractivity contribution >= 4 is 16.9 Å². The summed E-state index contributed by atoms with van der Waals surface area (Å²) in [5, 5.41) is 0. The summed E-state index contributed by atoms with van der Waals surface area (Å²) in [5.41, 5.74) is 4.57. The van der Waals surface area contributed by atoms with Gasteiger partial charge in [-0.25, -0.2) is 4.98 Å². The molecule has 4 aromatic rings. The first-order valence-electron chi connectivity index (χ1n) is 9.32. The smallest absolute Gasteiger partial charge is 0.253 e. The zero-order valence-corrected chi connectivity index (χ0v) is 16.0. The average Bonchev–Trinajstić information content (AvgIpc) is 3.10. The third-order valence-electron chi connectivity index (χ3n) is 4.72. The van der Waals surface area contributed by atoms with Crippen LogP contribution in [0.1, 0.15) is 21.9 Å². The number of aromatic nitrogens is 3. The molecule has 140 valence electrons. The van der Waals surface area contributed by atoms with Crippen LogP contribution in [0.5, 0.6) is 0 Å². The van der Waals surface area contributed by atoms with Gasteiger partial charge in [-0.15, -0.1) is 0 Å². The summed E-state index contributed by atoms with van der Waals surface area (Å²) in [6.45, 7) is 0. The second-order valence-corrected chi connectivity index (χ2v) is 6.92. The third kappa shape index (κ3) is 3.51. The molecule has 0 spiro atoms. The van der Waals surface area contributed by atoms with Crippen LogP contribution in [0.4, 0.5) is 0 Å². The summed E-state index contributed by atoms with van der Waals surface area (Å²) in [5.74, 6) is 0.938. The first-order valence-corrected chi connectivity index (χ1v) is 9.32. The third-order valence-corrected chi connectivity index (χ3v) is 4.72. The van der Waals surface area contributed by atoms with Gasteiger partial charge in [0, 0.05) is 43.7 Å². The molecular weight excluding hydrogens is 348 g/mol. The lowest BCUT2D eigenvalue weighted by Crippen LogP contribution is -2.21. The van der Waals surface area contributed by atoms with Crippen LogP contribution in [-0.4, -0.2) is 39.4 Å². The average molecular weight is 370 g/mol. The molecule has 5 nitrogen and oxygen atoms in total. The van der Waals surface area contributed by atoms with Crippen LogP contribution in [0.2, 0.25) is 0 Å². The van der Waals surface area contributed by atoms with Crippen LogP contribution in [0.25, 0.3) is 16.7 Å². The molecule has 2 aromatic carbocycles. The Bertz CT molecular complexity index is 1100. The maximum atomic E-state index is 12.3. The second kappa shape index (κ2) is 7.64. The SMILES string of the molecule is CN(C)C(=O)c1ccc2c(c1)nc(CCc1ccccn1)n2-c1ccccc1. The Hall–Kier alpha value is -3.47. The molecular formula is C23H22N4O. The van der Waals surface area contributed by atoms with E-state index in [1.165, 1.54) is 0 Å². The van der Waals surface area contributed by atoms with Gasteiger partial charge in [0.25, 0.3) is 5.91 Å². The van der Waals surface area contributed by atoms with E-state index < -0.39 is 0 Å². The van der Waals surface area contributed by atoms with Gasteiger partial charge in [0.2, 0.25) is 0 Å². The Labute approximate surface area is 164 Å². The Morgan fingerprint density at radius 2 is 1.75 bits per heavy atom. The number of hydrogen-bond donors (Lipinski definition) is 0. The largest absolute Gasteiger partial charge is 0.345 e. The predicted octanol–water partition coefficient (Wildman–Crippen LogP) is 3.91. The fourth-order valence-electron chi connectivity index (χ4n) is 3.34. The van der Waals surface area contributed by atoms with Crippen LogP contribution >= 0.6 is 0 Å². The number of para-hydroxylation sites is 1. The highest BCUT2D eigenvalue weighted by molar-refractivity contribution is 5.97. The molecule has 0 atom stereocenters. The van der Waals surface area contributed by atoms with Gasteiger partial charge in [-0.3, -0.25) is 14.3 Å².